The average molecular weight is 217 g/mol. The Kier molecular flexibility index (Phi) is 4.41. The van der Waals surface area contributed by atoms with Crippen LogP contribution >= 0.6 is 0 Å². The number of hydrogen-bond acceptors (Lipinski definition) is 3. The summed E-state index contributed by atoms with van der Waals surface area (Å²) in [6, 6.07) is 0. The summed E-state index contributed by atoms with van der Waals surface area (Å²) in [6.45, 7) is 6.56. The summed E-state index contributed by atoms with van der Waals surface area (Å²) in [5, 5.41) is 0. The van der Waals surface area contributed by atoms with Gasteiger partial charge < -0.3 is 9.29 Å². The van der Waals surface area contributed by atoms with Crippen LogP contribution in [0.15, 0.2) is 4.40 Å². The standard InChI is InChI=1S/C10H19NO2S/c1-10(2,3)14(12)11-8-9-6-4-5-7-13-9/h8-9H,4-7H2,1-3H3/b11-8+/t9-,14?/m0/s1. The topological polar surface area (TPSA) is 44.7 Å². The Balaban J connectivity index is 2.38. The van der Waals surface area contributed by atoms with Gasteiger partial charge in [0.05, 0.1) is 12.3 Å². The highest BCUT2D eigenvalue weighted by atomic mass is 32.2. The first-order valence-electron chi connectivity index (χ1n) is 5.08. The van der Waals surface area contributed by atoms with Crippen LogP contribution < -0.4 is 0 Å². The van der Waals surface area contributed by atoms with Crippen LogP contribution in [0.25, 0.3) is 0 Å². The normalized spacial score (nSPS) is 26.7. The minimum atomic E-state index is -1.15. The predicted molar refractivity (Wildman–Crippen MR) is 60.0 cm³/mol. The third-order valence-electron chi connectivity index (χ3n) is 2.06. The first kappa shape index (κ1) is 12.0. The second-order valence-electron chi connectivity index (χ2n) is 4.52. The van der Waals surface area contributed by atoms with E-state index in [9.17, 15) is 4.55 Å². The second kappa shape index (κ2) is 5.14. The molecule has 82 valence electrons. The Labute approximate surface area is 89.3 Å². The fraction of sp³-hybridized carbons (Fsp3) is 0.900. The molecule has 0 N–H and O–H groups in total. The molecule has 0 aromatic rings. The maximum Gasteiger partial charge on any atom is 0.144 e. The van der Waals surface area contributed by atoms with Crippen molar-refractivity contribution in [1.82, 2.24) is 0 Å². The molecule has 2 atom stereocenters. The summed E-state index contributed by atoms with van der Waals surface area (Å²) >= 11 is -1.15. The van der Waals surface area contributed by atoms with Gasteiger partial charge in [-0.25, -0.2) is 0 Å². The molecule has 0 aromatic carbocycles. The van der Waals surface area contributed by atoms with Gasteiger partial charge in [0.25, 0.3) is 0 Å². The van der Waals surface area contributed by atoms with E-state index in [1.54, 1.807) is 6.21 Å². The van der Waals surface area contributed by atoms with Crippen molar-refractivity contribution < 1.29 is 9.29 Å². The van der Waals surface area contributed by atoms with Gasteiger partial charge in [0.2, 0.25) is 0 Å². The summed E-state index contributed by atoms with van der Waals surface area (Å²) in [4.78, 5) is 0. The average Bonchev–Trinajstić information content (AvgIpc) is 2.14. The summed E-state index contributed by atoms with van der Waals surface area (Å²) in [7, 11) is 0. The SMILES string of the molecule is CC(C)(C)[S+]([O-])/N=C/[C@@H]1CCCCO1. The molecule has 0 radical (unpaired) electrons. The van der Waals surface area contributed by atoms with Crippen molar-refractivity contribution in [3.05, 3.63) is 0 Å². The van der Waals surface area contributed by atoms with Crippen LogP contribution in [-0.4, -0.2) is 28.2 Å². The van der Waals surface area contributed by atoms with Gasteiger partial charge in [0.1, 0.15) is 16.1 Å². The minimum Gasteiger partial charge on any atom is -0.591 e. The van der Waals surface area contributed by atoms with Crippen molar-refractivity contribution in [3.8, 4) is 0 Å². The van der Waals surface area contributed by atoms with E-state index in [4.69, 9.17) is 4.74 Å². The maximum atomic E-state index is 11.6. The molecule has 0 spiro atoms. The zero-order valence-corrected chi connectivity index (χ0v) is 9.97. The molecule has 4 heteroatoms. The van der Waals surface area contributed by atoms with Crippen molar-refractivity contribution >= 4 is 17.6 Å². The van der Waals surface area contributed by atoms with Crippen LogP contribution in [-0.2, 0) is 16.1 Å². The van der Waals surface area contributed by atoms with Crippen molar-refractivity contribution in [2.24, 2.45) is 4.40 Å². The van der Waals surface area contributed by atoms with Crippen molar-refractivity contribution in [1.29, 1.82) is 0 Å². The summed E-state index contributed by atoms with van der Waals surface area (Å²) in [5.74, 6) is 0. The fourth-order valence-electron chi connectivity index (χ4n) is 1.16. The maximum absolute atomic E-state index is 11.6. The van der Waals surface area contributed by atoms with Gasteiger partial charge in [-0.15, -0.1) is 0 Å². The number of hydrogen-bond donors (Lipinski definition) is 0. The molecule has 1 heterocycles. The van der Waals surface area contributed by atoms with E-state index < -0.39 is 11.4 Å². The Bertz CT molecular complexity index is 195. The van der Waals surface area contributed by atoms with E-state index in [1.165, 1.54) is 6.42 Å². The van der Waals surface area contributed by atoms with Gasteiger partial charge in [-0.1, -0.05) is 4.40 Å². The Morgan fingerprint density at radius 3 is 2.64 bits per heavy atom. The van der Waals surface area contributed by atoms with E-state index in [-0.39, 0.29) is 10.9 Å². The molecule has 3 nitrogen and oxygen atoms in total. The third-order valence-corrected chi connectivity index (χ3v) is 3.42. The van der Waals surface area contributed by atoms with Crippen molar-refractivity contribution in [3.63, 3.8) is 0 Å². The van der Waals surface area contributed by atoms with Crippen LogP contribution in [0.2, 0.25) is 0 Å². The monoisotopic (exact) mass is 217 g/mol. The lowest BCUT2D eigenvalue weighted by Gasteiger charge is -2.21. The molecular weight excluding hydrogens is 198 g/mol. The van der Waals surface area contributed by atoms with Gasteiger partial charge in [0, 0.05) is 6.61 Å². The number of ether oxygens (including phenoxy) is 1. The zero-order valence-electron chi connectivity index (χ0n) is 9.16. The lowest BCUT2D eigenvalue weighted by Crippen LogP contribution is -2.27. The molecule has 0 amide bonds. The highest BCUT2D eigenvalue weighted by molar-refractivity contribution is 7.91. The molecule has 0 saturated carbocycles. The molecule has 1 unspecified atom stereocenters. The van der Waals surface area contributed by atoms with E-state index in [0.29, 0.717) is 0 Å². The fourth-order valence-corrected chi connectivity index (χ4v) is 1.73. The Morgan fingerprint density at radius 1 is 1.43 bits per heavy atom. The summed E-state index contributed by atoms with van der Waals surface area (Å²) < 4.78 is 20.8. The van der Waals surface area contributed by atoms with E-state index in [2.05, 4.69) is 4.40 Å². The first-order chi connectivity index (χ1) is 6.50. The number of nitrogens with zero attached hydrogens (tertiary/aromatic N) is 1. The molecule has 1 saturated heterocycles. The van der Waals surface area contributed by atoms with Crippen LogP contribution in [0, 0.1) is 0 Å². The molecule has 1 fully saturated rings. The van der Waals surface area contributed by atoms with Crippen LogP contribution in [0.3, 0.4) is 0 Å². The van der Waals surface area contributed by atoms with E-state index >= 15 is 0 Å². The summed E-state index contributed by atoms with van der Waals surface area (Å²) in [5.41, 5.74) is 0. The number of rotatable bonds is 2. The van der Waals surface area contributed by atoms with Gasteiger partial charge >= 0.3 is 0 Å². The Hall–Kier alpha value is -0.0600. The molecular formula is C10H19NO2S. The van der Waals surface area contributed by atoms with E-state index in [0.717, 1.165) is 19.4 Å². The van der Waals surface area contributed by atoms with E-state index in [1.807, 2.05) is 20.8 Å². The highest BCUT2D eigenvalue weighted by Crippen LogP contribution is 2.17. The lowest BCUT2D eigenvalue weighted by atomic mass is 10.1. The molecule has 1 rings (SSSR count). The van der Waals surface area contributed by atoms with Gasteiger partial charge in [-0.2, -0.15) is 0 Å². The molecule has 1 aliphatic heterocycles. The van der Waals surface area contributed by atoms with Crippen LogP contribution in [0.4, 0.5) is 0 Å². The smallest absolute Gasteiger partial charge is 0.144 e. The van der Waals surface area contributed by atoms with Gasteiger partial charge in [0.15, 0.2) is 0 Å². The predicted octanol–water partition coefficient (Wildman–Crippen LogP) is 2.09. The van der Waals surface area contributed by atoms with Crippen molar-refractivity contribution in [2.75, 3.05) is 6.61 Å². The quantitative estimate of drug-likeness (QED) is 0.525. The molecule has 1 aliphatic rings. The zero-order chi connectivity index (χ0) is 10.6. The van der Waals surface area contributed by atoms with Crippen molar-refractivity contribution in [2.45, 2.75) is 50.9 Å². The third kappa shape index (κ3) is 3.98. The molecule has 0 aromatic heterocycles. The first-order valence-corrected chi connectivity index (χ1v) is 6.18. The largest absolute Gasteiger partial charge is 0.591 e. The summed E-state index contributed by atoms with van der Waals surface area (Å²) in [6.07, 6.45) is 5.10. The molecule has 0 aliphatic carbocycles. The molecule has 0 bridgehead atoms. The second-order valence-corrected chi connectivity index (χ2v) is 6.45. The Morgan fingerprint density at radius 2 is 2.14 bits per heavy atom. The minimum absolute atomic E-state index is 0.0787. The molecule has 14 heavy (non-hydrogen) atoms. The van der Waals surface area contributed by atoms with Crippen LogP contribution in [0.5, 0.6) is 0 Å². The van der Waals surface area contributed by atoms with Gasteiger partial charge in [-0.3, -0.25) is 0 Å². The lowest BCUT2D eigenvalue weighted by molar-refractivity contribution is 0.0617. The van der Waals surface area contributed by atoms with Gasteiger partial charge in [-0.05, 0) is 40.0 Å². The van der Waals surface area contributed by atoms with Crippen LogP contribution in [0.1, 0.15) is 40.0 Å². The highest BCUT2D eigenvalue weighted by Gasteiger charge is 2.26.